The lowest BCUT2D eigenvalue weighted by Crippen LogP contribution is -2.05. The summed E-state index contributed by atoms with van der Waals surface area (Å²) in [6, 6.07) is 3.97. The fourth-order valence-electron chi connectivity index (χ4n) is 2.94. The van der Waals surface area contributed by atoms with Crippen molar-refractivity contribution in [1.29, 1.82) is 0 Å². The van der Waals surface area contributed by atoms with Gasteiger partial charge in [-0.1, -0.05) is 6.07 Å². The van der Waals surface area contributed by atoms with E-state index in [1.165, 1.54) is 60.3 Å². The van der Waals surface area contributed by atoms with Gasteiger partial charge in [-0.05, 0) is 73.5 Å². The van der Waals surface area contributed by atoms with Crippen LogP contribution in [0.25, 0.3) is 0 Å². The molecule has 0 heterocycles. The molecule has 0 bridgehead atoms. The van der Waals surface area contributed by atoms with Crippen LogP contribution in [0, 0.1) is 5.92 Å². The lowest BCUT2D eigenvalue weighted by Gasteiger charge is -2.16. The van der Waals surface area contributed by atoms with Gasteiger partial charge in [0.2, 0.25) is 0 Å². The maximum absolute atomic E-state index is 11.5. The Labute approximate surface area is 124 Å². The number of thioether (sulfide) groups is 1. The molecule has 0 atom stereocenters. The number of rotatable bonds is 6. The summed E-state index contributed by atoms with van der Waals surface area (Å²) in [6.07, 6.45) is 7.64. The first-order valence-corrected chi connectivity index (χ1v) is 8.75. The summed E-state index contributed by atoms with van der Waals surface area (Å²) in [5.74, 6) is 2.54. The predicted molar refractivity (Wildman–Crippen MR) is 80.8 cm³/mol. The summed E-state index contributed by atoms with van der Waals surface area (Å²) >= 11 is 1.95. The highest BCUT2D eigenvalue weighted by Gasteiger charge is 2.36. The first-order chi connectivity index (χ1) is 9.74. The van der Waals surface area contributed by atoms with Crippen molar-refractivity contribution < 1.29 is 9.90 Å². The van der Waals surface area contributed by atoms with Gasteiger partial charge in [-0.2, -0.15) is 0 Å². The third-order valence-corrected chi connectivity index (χ3v) is 6.00. The SMILES string of the molecule is O=C(O)c1ccc(C2CC2)c(SCC2CC2)c1C1CC1. The van der Waals surface area contributed by atoms with Crippen molar-refractivity contribution in [3.05, 3.63) is 28.8 Å². The summed E-state index contributed by atoms with van der Waals surface area (Å²) in [5, 5.41) is 9.49. The van der Waals surface area contributed by atoms with Gasteiger partial charge in [0.25, 0.3) is 0 Å². The molecule has 0 aliphatic heterocycles. The van der Waals surface area contributed by atoms with Crippen molar-refractivity contribution in [3.63, 3.8) is 0 Å². The van der Waals surface area contributed by atoms with Gasteiger partial charge in [0.15, 0.2) is 0 Å². The molecule has 20 heavy (non-hydrogen) atoms. The second kappa shape index (κ2) is 4.80. The number of carbonyl (C=O) groups is 1. The molecule has 3 aliphatic rings. The quantitative estimate of drug-likeness (QED) is 0.775. The van der Waals surface area contributed by atoms with E-state index in [0.29, 0.717) is 17.4 Å². The Hall–Kier alpha value is -0.960. The highest BCUT2D eigenvalue weighted by atomic mass is 32.2. The van der Waals surface area contributed by atoms with Gasteiger partial charge < -0.3 is 5.11 Å². The van der Waals surface area contributed by atoms with Crippen LogP contribution in [-0.2, 0) is 0 Å². The van der Waals surface area contributed by atoms with Gasteiger partial charge in [-0.25, -0.2) is 4.79 Å². The highest BCUT2D eigenvalue weighted by Crippen LogP contribution is 2.52. The molecule has 106 valence electrons. The van der Waals surface area contributed by atoms with Crippen LogP contribution in [-0.4, -0.2) is 16.8 Å². The molecular weight excluding hydrogens is 268 g/mol. The number of hydrogen-bond donors (Lipinski definition) is 1. The van der Waals surface area contributed by atoms with Crippen molar-refractivity contribution in [2.24, 2.45) is 5.92 Å². The molecule has 1 aromatic carbocycles. The minimum absolute atomic E-state index is 0.515. The maximum Gasteiger partial charge on any atom is 0.336 e. The largest absolute Gasteiger partial charge is 0.478 e. The Morgan fingerprint density at radius 2 is 1.80 bits per heavy atom. The third-order valence-electron chi connectivity index (χ3n) is 4.62. The number of benzene rings is 1. The molecule has 0 saturated heterocycles. The predicted octanol–water partition coefficient (Wildman–Crippen LogP) is 4.64. The van der Waals surface area contributed by atoms with Crippen molar-refractivity contribution >= 4 is 17.7 Å². The Morgan fingerprint density at radius 1 is 1.10 bits per heavy atom. The zero-order chi connectivity index (χ0) is 13.7. The molecule has 0 radical (unpaired) electrons. The smallest absolute Gasteiger partial charge is 0.336 e. The van der Waals surface area contributed by atoms with E-state index in [1.807, 2.05) is 17.8 Å². The van der Waals surface area contributed by atoms with E-state index in [1.54, 1.807) is 0 Å². The first kappa shape index (κ1) is 12.8. The topological polar surface area (TPSA) is 37.3 Å². The van der Waals surface area contributed by atoms with E-state index >= 15 is 0 Å². The van der Waals surface area contributed by atoms with Crippen LogP contribution in [0.4, 0.5) is 0 Å². The molecule has 3 aliphatic carbocycles. The molecule has 4 rings (SSSR count). The summed E-state index contributed by atoms with van der Waals surface area (Å²) in [7, 11) is 0. The Morgan fingerprint density at radius 3 is 2.35 bits per heavy atom. The molecule has 1 N–H and O–H groups in total. The van der Waals surface area contributed by atoms with Crippen molar-refractivity contribution in [2.45, 2.75) is 55.3 Å². The average Bonchev–Trinajstić information content (AvgIpc) is 3.29. The van der Waals surface area contributed by atoms with Gasteiger partial charge in [0.1, 0.15) is 0 Å². The minimum atomic E-state index is -0.748. The highest BCUT2D eigenvalue weighted by molar-refractivity contribution is 7.99. The van der Waals surface area contributed by atoms with Gasteiger partial charge in [-0.3, -0.25) is 0 Å². The summed E-state index contributed by atoms with van der Waals surface area (Å²) in [6.45, 7) is 0. The van der Waals surface area contributed by atoms with Crippen LogP contribution in [0.1, 0.15) is 71.8 Å². The van der Waals surface area contributed by atoms with Crippen LogP contribution >= 0.6 is 11.8 Å². The van der Waals surface area contributed by atoms with Crippen molar-refractivity contribution in [2.75, 3.05) is 5.75 Å². The lowest BCUT2D eigenvalue weighted by atomic mass is 9.98. The van der Waals surface area contributed by atoms with Gasteiger partial charge in [-0.15, -0.1) is 11.8 Å². The molecule has 3 fully saturated rings. The lowest BCUT2D eigenvalue weighted by molar-refractivity contribution is 0.0695. The minimum Gasteiger partial charge on any atom is -0.478 e. The number of carboxylic acid groups (broad SMARTS) is 1. The van der Waals surface area contributed by atoms with E-state index in [-0.39, 0.29) is 0 Å². The first-order valence-electron chi connectivity index (χ1n) is 7.77. The standard InChI is InChI=1S/C17H20O2S/c18-17(19)14-8-7-13(11-3-4-11)16(15(14)12-5-6-12)20-9-10-1-2-10/h7-8,10-12H,1-6,9H2,(H,18,19). The maximum atomic E-state index is 11.5. The molecule has 0 unspecified atom stereocenters. The summed E-state index contributed by atoms with van der Waals surface area (Å²) in [4.78, 5) is 12.9. The second-order valence-electron chi connectivity index (χ2n) is 6.55. The average molecular weight is 288 g/mol. The monoisotopic (exact) mass is 288 g/mol. The van der Waals surface area contributed by atoms with Crippen molar-refractivity contribution in [1.82, 2.24) is 0 Å². The van der Waals surface area contributed by atoms with Gasteiger partial charge in [0.05, 0.1) is 5.56 Å². The number of aromatic carboxylic acids is 1. The zero-order valence-electron chi connectivity index (χ0n) is 11.6. The number of carboxylic acids is 1. The van der Waals surface area contributed by atoms with Crippen LogP contribution in [0.3, 0.4) is 0 Å². The molecule has 0 aromatic heterocycles. The van der Waals surface area contributed by atoms with E-state index < -0.39 is 5.97 Å². The van der Waals surface area contributed by atoms with Gasteiger partial charge in [0, 0.05) is 10.6 Å². The Bertz CT molecular complexity index is 554. The van der Waals surface area contributed by atoms with Crippen LogP contribution in [0.5, 0.6) is 0 Å². The third kappa shape index (κ3) is 2.48. The number of hydrogen-bond acceptors (Lipinski definition) is 2. The fraction of sp³-hybridized carbons (Fsp3) is 0.588. The summed E-state index contributed by atoms with van der Waals surface area (Å²) in [5.41, 5.74) is 3.19. The molecule has 3 heteroatoms. The zero-order valence-corrected chi connectivity index (χ0v) is 12.4. The van der Waals surface area contributed by atoms with E-state index in [4.69, 9.17) is 0 Å². The fourth-order valence-corrected chi connectivity index (χ4v) is 4.51. The molecule has 3 saturated carbocycles. The molecule has 1 aromatic rings. The Kier molecular flexibility index (Phi) is 3.06. The normalized spacial score (nSPS) is 22.0. The van der Waals surface area contributed by atoms with Crippen molar-refractivity contribution in [3.8, 4) is 0 Å². The van der Waals surface area contributed by atoms with E-state index in [0.717, 1.165) is 5.92 Å². The molecule has 0 spiro atoms. The van der Waals surface area contributed by atoms with E-state index in [2.05, 4.69) is 6.07 Å². The Balaban J connectivity index is 1.75. The molecule has 2 nitrogen and oxygen atoms in total. The van der Waals surface area contributed by atoms with Crippen LogP contribution < -0.4 is 0 Å². The van der Waals surface area contributed by atoms with Gasteiger partial charge >= 0.3 is 5.97 Å². The second-order valence-corrected chi connectivity index (χ2v) is 7.58. The van der Waals surface area contributed by atoms with E-state index in [9.17, 15) is 9.90 Å². The van der Waals surface area contributed by atoms with Crippen LogP contribution in [0.15, 0.2) is 17.0 Å². The summed E-state index contributed by atoms with van der Waals surface area (Å²) < 4.78 is 0. The van der Waals surface area contributed by atoms with Crippen LogP contribution in [0.2, 0.25) is 0 Å². The molecule has 0 amide bonds. The molecular formula is C17H20O2S.